The second kappa shape index (κ2) is 7.04. The number of rotatable bonds is 4. The second-order valence-electron chi connectivity index (χ2n) is 6.44. The van der Waals surface area contributed by atoms with Crippen molar-refractivity contribution < 1.29 is 9.53 Å². The Bertz CT molecular complexity index is 1120. The first-order chi connectivity index (χ1) is 13.2. The second-order valence-corrected chi connectivity index (χ2v) is 6.44. The van der Waals surface area contributed by atoms with Gasteiger partial charge in [-0.05, 0) is 42.3 Å². The first-order valence-corrected chi connectivity index (χ1v) is 8.81. The number of carbonyl (C=O) groups is 1. The molecule has 0 fully saturated rings. The van der Waals surface area contributed by atoms with Crippen LogP contribution in [0.5, 0.6) is 5.75 Å². The number of methoxy groups -OCH3 is 1. The monoisotopic (exact) mass is 353 g/mol. The third kappa shape index (κ3) is 3.32. The van der Waals surface area contributed by atoms with Gasteiger partial charge in [-0.15, -0.1) is 0 Å². The van der Waals surface area contributed by atoms with Crippen LogP contribution in [0.4, 0.5) is 0 Å². The Balaban J connectivity index is 1.93. The number of hydrogen-bond acceptors (Lipinski definition) is 3. The number of carbonyl (C=O) groups excluding carboxylic acids is 1. The summed E-state index contributed by atoms with van der Waals surface area (Å²) in [7, 11) is 1.67. The van der Waals surface area contributed by atoms with Gasteiger partial charge in [0.05, 0.1) is 18.3 Å². The molecule has 132 valence electrons. The number of nitrogens with zero attached hydrogens (tertiary/aromatic N) is 1. The van der Waals surface area contributed by atoms with Crippen molar-refractivity contribution in [3.8, 4) is 28.1 Å². The smallest absolute Gasteiger partial charge is 0.159 e. The predicted molar refractivity (Wildman–Crippen MR) is 109 cm³/mol. The summed E-state index contributed by atoms with van der Waals surface area (Å²) in [6.07, 6.45) is 0. The van der Waals surface area contributed by atoms with Crippen LogP contribution in [0.15, 0.2) is 78.9 Å². The molecule has 0 unspecified atom stereocenters. The lowest BCUT2D eigenvalue weighted by Crippen LogP contribution is -1.93. The summed E-state index contributed by atoms with van der Waals surface area (Å²) in [5.41, 5.74) is 5.69. The van der Waals surface area contributed by atoms with E-state index in [-0.39, 0.29) is 5.78 Å². The van der Waals surface area contributed by atoms with Crippen LogP contribution in [0, 0.1) is 0 Å². The lowest BCUT2D eigenvalue weighted by molar-refractivity contribution is 0.101. The first-order valence-electron chi connectivity index (χ1n) is 8.81. The van der Waals surface area contributed by atoms with Gasteiger partial charge in [-0.1, -0.05) is 54.6 Å². The molecule has 3 heteroatoms. The van der Waals surface area contributed by atoms with E-state index in [9.17, 15) is 4.79 Å². The molecule has 4 rings (SSSR count). The third-order valence-corrected chi connectivity index (χ3v) is 4.69. The summed E-state index contributed by atoms with van der Waals surface area (Å²) >= 11 is 0. The summed E-state index contributed by atoms with van der Waals surface area (Å²) < 4.78 is 5.40. The molecule has 0 N–H and O–H groups in total. The van der Waals surface area contributed by atoms with Gasteiger partial charge in [0.25, 0.3) is 0 Å². The number of ketones is 1. The summed E-state index contributed by atoms with van der Waals surface area (Å²) in [5, 5.41) is 1.05. The van der Waals surface area contributed by atoms with E-state index in [1.165, 1.54) is 0 Å². The molecule has 0 saturated heterocycles. The van der Waals surface area contributed by atoms with Gasteiger partial charge in [0.1, 0.15) is 5.75 Å². The summed E-state index contributed by atoms with van der Waals surface area (Å²) in [4.78, 5) is 16.4. The number of pyridine rings is 1. The molecule has 0 spiro atoms. The van der Waals surface area contributed by atoms with Crippen LogP contribution in [0.2, 0.25) is 0 Å². The number of benzene rings is 3. The van der Waals surface area contributed by atoms with E-state index in [1.807, 2.05) is 60.7 Å². The maximum atomic E-state index is 11.5. The predicted octanol–water partition coefficient (Wildman–Crippen LogP) is 5.78. The molecule has 0 saturated carbocycles. The minimum absolute atomic E-state index is 0.0603. The summed E-state index contributed by atoms with van der Waals surface area (Å²) in [6.45, 7) is 1.57. The Morgan fingerprint density at radius 1 is 0.852 bits per heavy atom. The Morgan fingerprint density at radius 3 is 2.26 bits per heavy atom. The summed E-state index contributed by atoms with van der Waals surface area (Å²) in [5.74, 6) is 0.866. The van der Waals surface area contributed by atoms with Crippen molar-refractivity contribution in [3.63, 3.8) is 0 Å². The fraction of sp³-hybridized carbons (Fsp3) is 0.0833. The highest BCUT2D eigenvalue weighted by atomic mass is 16.5. The Morgan fingerprint density at radius 2 is 1.59 bits per heavy atom. The Labute approximate surface area is 158 Å². The zero-order valence-electron chi connectivity index (χ0n) is 15.3. The van der Waals surface area contributed by atoms with Crippen molar-refractivity contribution in [1.29, 1.82) is 0 Å². The molecule has 0 amide bonds. The molecule has 27 heavy (non-hydrogen) atoms. The van der Waals surface area contributed by atoms with Crippen LogP contribution in [-0.2, 0) is 0 Å². The topological polar surface area (TPSA) is 39.2 Å². The largest absolute Gasteiger partial charge is 0.497 e. The molecule has 3 aromatic carbocycles. The van der Waals surface area contributed by atoms with E-state index in [4.69, 9.17) is 9.72 Å². The van der Waals surface area contributed by atoms with Crippen molar-refractivity contribution in [2.45, 2.75) is 6.92 Å². The zero-order chi connectivity index (χ0) is 18.8. The molecule has 0 aliphatic rings. The lowest BCUT2D eigenvalue weighted by Gasteiger charge is -2.12. The van der Waals surface area contributed by atoms with Crippen molar-refractivity contribution >= 4 is 16.7 Å². The highest BCUT2D eigenvalue weighted by Gasteiger charge is 2.11. The van der Waals surface area contributed by atoms with Crippen LogP contribution >= 0.6 is 0 Å². The molecule has 1 aromatic heterocycles. The minimum atomic E-state index is 0.0603. The van der Waals surface area contributed by atoms with Crippen LogP contribution in [-0.4, -0.2) is 17.9 Å². The number of aromatic nitrogens is 1. The maximum Gasteiger partial charge on any atom is 0.159 e. The van der Waals surface area contributed by atoms with Crippen LogP contribution < -0.4 is 4.74 Å². The molecular formula is C24H19NO2. The van der Waals surface area contributed by atoms with E-state index in [0.29, 0.717) is 5.56 Å². The number of ether oxygens (including phenoxy) is 1. The summed E-state index contributed by atoms with van der Waals surface area (Å²) in [6, 6.07) is 25.9. The molecule has 0 aliphatic carbocycles. The van der Waals surface area contributed by atoms with Gasteiger partial charge in [0.15, 0.2) is 5.78 Å². The van der Waals surface area contributed by atoms with E-state index in [0.717, 1.165) is 39.0 Å². The molecule has 0 radical (unpaired) electrons. The van der Waals surface area contributed by atoms with Gasteiger partial charge in [-0.25, -0.2) is 4.98 Å². The molecule has 0 atom stereocenters. The molecule has 3 nitrogen and oxygen atoms in total. The molecule has 1 heterocycles. The molecule has 0 aliphatic heterocycles. The molecule has 4 aromatic rings. The standard InChI is InChI=1S/C24H19NO2/c1-16(26)17-8-10-19(11-9-17)24-15-21(18-6-4-3-5-7-18)22-14-20(27-2)12-13-23(22)25-24/h3-15H,1-2H3. The zero-order valence-corrected chi connectivity index (χ0v) is 15.3. The van der Waals surface area contributed by atoms with Crippen LogP contribution in [0.1, 0.15) is 17.3 Å². The fourth-order valence-electron chi connectivity index (χ4n) is 3.21. The maximum absolute atomic E-state index is 11.5. The lowest BCUT2D eigenvalue weighted by atomic mass is 9.97. The molecular weight excluding hydrogens is 334 g/mol. The highest BCUT2D eigenvalue weighted by Crippen LogP contribution is 2.34. The van der Waals surface area contributed by atoms with E-state index >= 15 is 0 Å². The van der Waals surface area contributed by atoms with Gasteiger partial charge in [-0.2, -0.15) is 0 Å². The number of fused-ring (bicyclic) bond motifs is 1. The van der Waals surface area contributed by atoms with Gasteiger partial charge >= 0.3 is 0 Å². The average Bonchev–Trinajstić information content (AvgIpc) is 2.73. The molecule has 0 bridgehead atoms. The number of Topliss-reactive ketones (excluding diaryl/α,β-unsaturated/α-hetero) is 1. The van der Waals surface area contributed by atoms with Crippen LogP contribution in [0.3, 0.4) is 0 Å². The van der Waals surface area contributed by atoms with Gasteiger partial charge in [0, 0.05) is 16.5 Å². The Kier molecular flexibility index (Phi) is 4.43. The van der Waals surface area contributed by atoms with Gasteiger partial charge in [-0.3, -0.25) is 4.79 Å². The van der Waals surface area contributed by atoms with Crippen molar-refractivity contribution in [3.05, 3.63) is 84.4 Å². The van der Waals surface area contributed by atoms with Crippen molar-refractivity contribution in [2.75, 3.05) is 7.11 Å². The van der Waals surface area contributed by atoms with E-state index in [2.05, 4.69) is 18.2 Å². The third-order valence-electron chi connectivity index (χ3n) is 4.69. The van der Waals surface area contributed by atoms with Crippen molar-refractivity contribution in [2.24, 2.45) is 0 Å². The highest BCUT2D eigenvalue weighted by molar-refractivity contribution is 5.98. The quantitative estimate of drug-likeness (QED) is 0.437. The van der Waals surface area contributed by atoms with E-state index < -0.39 is 0 Å². The fourth-order valence-corrected chi connectivity index (χ4v) is 3.21. The van der Waals surface area contributed by atoms with Gasteiger partial charge in [0.2, 0.25) is 0 Å². The van der Waals surface area contributed by atoms with Crippen molar-refractivity contribution in [1.82, 2.24) is 4.98 Å². The Hall–Kier alpha value is -3.46. The average molecular weight is 353 g/mol. The van der Waals surface area contributed by atoms with E-state index in [1.54, 1.807) is 14.0 Å². The van der Waals surface area contributed by atoms with Gasteiger partial charge < -0.3 is 4.74 Å². The number of hydrogen-bond donors (Lipinski definition) is 0. The van der Waals surface area contributed by atoms with Crippen LogP contribution in [0.25, 0.3) is 33.3 Å². The first kappa shape index (κ1) is 17.0. The normalized spacial score (nSPS) is 10.7. The SMILES string of the molecule is COc1ccc2nc(-c3ccc(C(C)=O)cc3)cc(-c3ccccc3)c2c1. The minimum Gasteiger partial charge on any atom is -0.497 e.